The average Bonchev–Trinajstić information content (AvgIpc) is 3.99. The van der Waals surface area contributed by atoms with Gasteiger partial charge in [-0.05, 0) is 104 Å². The molecule has 306 valence electrons. The molecule has 0 aliphatic carbocycles. The molecule has 0 aliphatic heterocycles. The molecular weight excluding hydrogens is 791 g/mol. The second kappa shape index (κ2) is 14.5. The molecule has 0 saturated heterocycles. The fourth-order valence-electron chi connectivity index (χ4n) is 10.5. The van der Waals surface area contributed by atoms with Gasteiger partial charge in [0.25, 0.3) is 0 Å². The molecule has 65 heavy (non-hydrogen) atoms. The van der Waals surface area contributed by atoms with E-state index in [1.807, 2.05) is 24.3 Å². The summed E-state index contributed by atoms with van der Waals surface area (Å²) in [5.74, 6) is 0.713. The van der Waals surface area contributed by atoms with Crippen molar-refractivity contribution < 1.29 is 0 Å². The lowest BCUT2D eigenvalue weighted by Crippen LogP contribution is -2.01. The molecule has 0 spiro atoms. The summed E-state index contributed by atoms with van der Waals surface area (Å²) in [5.41, 5.74) is 17.7. The predicted octanol–water partition coefficient (Wildman–Crippen LogP) is 15.4. The summed E-state index contributed by atoms with van der Waals surface area (Å²) < 4.78 is 7.29. The number of rotatable bonds is 6. The van der Waals surface area contributed by atoms with Crippen LogP contribution in [0.3, 0.4) is 0 Å². The molecule has 5 heteroatoms. The molecule has 4 aromatic heterocycles. The molecule has 0 radical (unpaired) electrons. The van der Waals surface area contributed by atoms with Gasteiger partial charge in [-0.15, -0.1) is 0 Å². The van der Waals surface area contributed by atoms with Crippen molar-refractivity contribution in [2.75, 3.05) is 0 Å². The SMILES string of the molecule is Cc1cc(-n2c3ccc(-n4c5ccccc5c5ccccc54)cc3c3cc(-n4c5ccccc5c5ccccc54)ccc32)cc(C)c1-c1cc(-c2ccccc2)nc(-c2ccccc2)n1. The number of aromatic nitrogens is 5. The van der Waals surface area contributed by atoms with Crippen LogP contribution in [0, 0.1) is 13.8 Å². The summed E-state index contributed by atoms with van der Waals surface area (Å²) in [4.78, 5) is 10.3. The van der Waals surface area contributed by atoms with Crippen molar-refractivity contribution in [2.45, 2.75) is 13.8 Å². The Bertz CT molecular complexity index is 3660. The standard InChI is InChI=1S/C60H41N5/c1-38-33-44(34-39(2)59(38)52-37-51(40-17-5-3-6-18-40)61-60(62-52)41-19-7-4-8-20-41)65-57-31-29-42(63-53-25-13-9-21-45(53)46-22-10-14-26-54(46)63)35-49(57)50-36-43(30-32-58(50)65)64-55-27-15-11-23-47(55)48-24-12-16-28-56(48)64/h3-37H,1-2H3. The molecule has 0 unspecified atom stereocenters. The highest BCUT2D eigenvalue weighted by atomic mass is 15.0. The van der Waals surface area contributed by atoms with E-state index < -0.39 is 0 Å². The lowest BCUT2D eigenvalue weighted by Gasteiger charge is -2.17. The minimum absolute atomic E-state index is 0.713. The van der Waals surface area contributed by atoms with Crippen LogP contribution in [-0.4, -0.2) is 23.7 Å². The van der Waals surface area contributed by atoms with E-state index in [9.17, 15) is 0 Å². The Morgan fingerprint density at radius 3 is 1.12 bits per heavy atom. The zero-order valence-corrected chi connectivity index (χ0v) is 35.9. The van der Waals surface area contributed by atoms with Gasteiger partial charge in [0.15, 0.2) is 5.82 Å². The number of nitrogens with zero attached hydrogens (tertiary/aromatic N) is 5. The quantitative estimate of drug-likeness (QED) is 0.167. The largest absolute Gasteiger partial charge is 0.309 e. The molecule has 0 fully saturated rings. The summed E-state index contributed by atoms with van der Waals surface area (Å²) in [5, 5.41) is 7.39. The highest BCUT2D eigenvalue weighted by molar-refractivity contribution is 6.14. The molecule has 9 aromatic carbocycles. The van der Waals surface area contributed by atoms with E-state index >= 15 is 0 Å². The van der Waals surface area contributed by atoms with Crippen LogP contribution >= 0.6 is 0 Å². The maximum atomic E-state index is 5.25. The molecule has 0 saturated carbocycles. The van der Waals surface area contributed by atoms with Crippen LogP contribution in [-0.2, 0) is 0 Å². The number of benzene rings is 9. The van der Waals surface area contributed by atoms with Gasteiger partial charge in [-0.3, -0.25) is 0 Å². The molecule has 13 rings (SSSR count). The van der Waals surface area contributed by atoms with Crippen LogP contribution in [0.2, 0.25) is 0 Å². The van der Waals surface area contributed by atoms with Crippen LogP contribution in [0.15, 0.2) is 212 Å². The van der Waals surface area contributed by atoms with Gasteiger partial charge in [0.2, 0.25) is 0 Å². The van der Waals surface area contributed by atoms with Gasteiger partial charge in [-0.1, -0.05) is 133 Å². The lowest BCUT2D eigenvalue weighted by atomic mass is 9.97. The molecule has 4 heterocycles. The summed E-state index contributed by atoms with van der Waals surface area (Å²) in [6.45, 7) is 4.43. The van der Waals surface area contributed by atoms with Crippen molar-refractivity contribution in [1.29, 1.82) is 0 Å². The molecule has 0 bridgehead atoms. The van der Waals surface area contributed by atoms with E-state index in [4.69, 9.17) is 9.97 Å². The maximum Gasteiger partial charge on any atom is 0.160 e. The van der Waals surface area contributed by atoms with Crippen LogP contribution in [0.1, 0.15) is 11.1 Å². The summed E-state index contributed by atoms with van der Waals surface area (Å²) >= 11 is 0. The number of fused-ring (bicyclic) bond motifs is 9. The Morgan fingerprint density at radius 2 is 0.662 bits per heavy atom. The Morgan fingerprint density at radius 1 is 0.292 bits per heavy atom. The minimum Gasteiger partial charge on any atom is -0.309 e. The van der Waals surface area contributed by atoms with Crippen LogP contribution < -0.4 is 0 Å². The van der Waals surface area contributed by atoms with Gasteiger partial charge in [0, 0.05) is 66.1 Å². The number of aryl methyl sites for hydroxylation is 2. The van der Waals surface area contributed by atoms with Gasteiger partial charge in [0.1, 0.15) is 0 Å². The smallest absolute Gasteiger partial charge is 0.160 e. The Hall–Kier alpha value is -8.54. The molecule has 5 nitrogen and oxygen atoms in total. The van der Waals surface area contributed by atoms with E-state index in [-0.39, 0.29) is 0 Å². The fraction of sp³-hybridized carbons (Fsp3) is 0.0333. The monoisotopic (exact) mass is 831 g/mol. The third-order valence-corrected chi connectivity index (χ3v) is 13.3. The first-order valence-electron chi connectivity index (χ1n) is 22.2. The average molecular weight is 832 g/mol. The topological polar surface area (TPSA) is 40.6 Å². The van der Waals surface area contributed by atoms with Crippen LogP contribution in [0.4, 0.5) is 0 Å². The van der Waals surface area contributed by atoms with Gasteiger partial charge in [-0.25, -0.2) is 9.97 Å². The van der Waals surface area contributed by atoms with Crippen molar-refractivity contribution in [3.05, 3.63) is 223 Å². The number of hydrogen-bond acceptors (Lipinski definition) is 2. The van der Waals surface area contributed by atoms with Crippen molar-refractivity contribution in [1.82, 2.24) is 23.7 Å². The Balaban J connectivity index is 1.05. The lowest BCUT2D eigenvalue weighted by molar-refractivity contribution is 1.14. The second-order valence-corrected chi connectivity index (χ2v) is 17.1. The summed E-state index contributed by atoms with van der Waals surface area (Å²) in [7, 11) is 0. The zero-order chi connectivity index (χ0) is 43.2. The van der Waals surface area contributed by atoms with Crippen molar-refractivity contribution in [3.63, 3.8) is 0 Å². The number of para-hydroxylation sites is 4. The molecule has 0 atom stereocenters. The first-order valence-corrected chi connectivity index (χ1v) is 22.2. The summed E-state index contributed by atoms with van der Waals surface area (Å²) in [6, 6.07) is 76.5. The van der Waals surface area contributed by atoms with Crippen LogP contribution in [0.25, 0.3) is 116 Å². The van der Waals surface area contributed by atoms with E-state index in [2.05, 4.69) is 216 Å². The van der Waals surface area contributed by atoms with Gasteiger partial charge < -0.3 is 13.7 Å². The normalized spacial score (nSPS) is 11.8. The Labute approximate surface area is 375 Å². The first kappa shape index (κ1) is 37.1. The molecular formula is C60H41N5. The zero-order valence-electron chi connectivity index (χ0n) is 35.9. The number of hydrogen-bond donors (Lipinski definition) is 0. The molecule has 0 aliphatic rings. The first-order chi connectivity index (χ1) is 32.1. The van der Waals surface area contributed by atoms with Crippen LogP contribution in [0.5, 0.6) is 0 Å². The fourth-order valence-corrected chi connectivity index (χ4v) is 10.5. The molecule has 13 aromatic rings. The second-order valence-electron chi connectivity index (χ2n) is 17.1. The highest BCUT2D eigenvalue weighted by Gasteiger charge is 2.21. The predicted molar refractivity (Wildman–Crippen MR) is 271 cm³/mol. The minimum atomic E-state index is 0.713. The van der Waals surface area contributed by atoms with E-state index in [0.717, 1.165) is 67.3 Å². The van der Waals surface area contributed by atoms with E-state index in [1.165, 1.54) is 54.4 Å². The maximum absolute atomic E-state index is 5.25. The van der Waals surface area contributed by atoms with Crippen molar-refractivity contribution in [2.24, 2.45) is 0 Å². The third kappa shape index (κ3) is 5.79. The van der Waals surface area contributed by atoms with Gasteiger partial charge in [-0.2, -0.15) is 0 Å². The van der Waals surface area contributed by atoms with E-state index in [0.29, 0.717) is 5.82 Å². The van der Waals surface area contributed by atoms with Crippen molar-refractivity contribution in [3.8, 4) is 51.0 Å². The van der Waals surface area contributed by atoms with Crippen molar-refractivity contribution >= 4 is 65.4 Å². The Kier molecular flexibility index (Phi) is 8.27. The third-order valence-electron chi connectivity index (χ3n) is 13.3. The molecule has 0 amide bonds. The van der Waals surface area contributed by atoms with Gasteiger partial charge in [0.05, 0.1) is 44.5 Å². The highest BCUT2D eigenvalue weighted by Crippen LogP contribution is 2.41. The summed E-state index contributed by atoms with van der Waals surface area (Å²) in [6.07, 6.45) is 0. The van der Waals surface area contributed by atoms with Gasteiger partial charge >= 0.3 is 0 Å². The van der Waals surface area contributed by atoms with E-state index in [1.54, 1.807) is 0 Å². The molecule has 0 N–H and O–H groups in total.